The van der Waals surface area contributed by atoms with E-state index in [4.69, 9.17) is 0 Å². The average molecular weight is 347 g/mol. The molecule has 0 aliphatic heterocycles. The predicted molar refractivity (Wildman–Crippen MR) is 100 cm³/mol. The van der Waals surface area contributed by atoms with Gasteiger partial charge >= 0.3 is 6.03 Å². The molecule has 6 heteroatoms. The highest BCUT2D eigenvalue weighted by Gasteiger charge is 2.36. The molecule has 1 aliphatic rings. The Morgan fingerprint density at radius 1 is 1.19 bits per heavy atom. The van der Waals surface area contributed by atoms with E-state index < -0.39 is 0 Å². The van der Waals surface area contributed by atoms with Gasteiger partial charge in [0, 0.05) is 30.8 Å². The van der Waals surface area contributed by atoms with Gasteiger partial charge in [0.15, 0.2) is 0 Å². The number of para-hydroxylation sites is 2. The summed E-state index contributed by atoms with van der Waals surface area (Å²) in [6, 6.07) is 13.6. The monoisotopic (exact) mass is 347 g/mol. The Morgan fingerprint density at radius 3 is 2.73 bits per heavy atom. The SMILES string of the molecule is CC(c1cccnc1)N(C(=O)Nc1ccccc1-n1cccn1)C1CC1. The summed E-state index contributed by atoms with van der Waals surface area (Å²) in [5, 5.41) is 7.35. The Labute approximate surface area is 152 Å². The van der Waals surface area contributed by atoms with Crippen molar-refractivity contribution < 1.29 is 4.79 Å². The molecular weight excluding hydrogens is 326 g/mol. The summed E-state index contributed by atoms with van der Waals surface area (Å²) in [5.74, 6) is 0. The van der Waals surface area contributed by atoms with Crippen molar-refractivity contribution in [2.45, 2.75) is 31.8 Å². The molecule has 2 amide bonds. The molecule has 0 radical (unpaired) electrons. The van der Waals surface area contributed by atoms with Gasteiger partial charge in [0.05, 0.1) is 17.4 Å². The molecule has 0 spiro atoms. The Hall–Kier alpha value is -3.15. The first kappa shape index (κ1) is 16.3. The van der Waals surface area contributed by atoms with Gasteiger partial charge in [0.25, 0.3) is 0 Å². The lowest BCUT2D eigenvalue weighted by Gasteiger charge is -2.30. The maximum absolute atomic E-state index is 13.1. The molecule has 1 atom stereocenters. The minimum atomic E-state index is -0.0940. The molecule has 1 N–H and O–H groups in total. The normalized spacial score (nSPS) is 14.7. The highest BCUT2D eigenvalue weighted by Crippen LogP contribution is 2.35. The number of pyridine rings is 1. The van der Waals surface area contributed by atoms with E-state index >= 15 is 0 Å². The van der Waals surface area contributed by atoms with E-state index in [-0.39, 0.29) is 18.1 Å². The minimum absolute atomic E-state index is 0.0342. The van der Waals surface area contributed by atoms with Crippen molar-refractivity contribution in [3.05, 3.63) is 72.8 Å². The van der Waals surface area contributed by atoms with E-state index in [2.05, 4.69) is 15.4 Å². The fourth-order valence-electron chi connectivity index (χ4n) is 3.16. The van der Waals surface area contributed by atoms with Crippen molar-refractivity contribution in [3.8, 4) is 5.69 Å². The first-order chi connectivity index (χ1) is 12.7. The number of benzene rings is 1. The number of carbonyl (C=O) groups excluding carboxylic acids is 1. The van der Waals surface area contributed by atoms with E-state index in [9.17, 15) is 4.79 Å². The van der Waals surface area contributed by atoms with Crippen LogP contribution in [0.1, 0.15) is 31.4 Å². The maximum Gasteiger partial charge on any atom is 0.322 e. The van der Waals surface area contributed by atoms with Gasteiger partial charge in [-0.15, -0.1) is 0 Å². The van der Waals surface area contributed by atoms with E-state index in [1.165, 1.54) is 0 Å². The van der Waals surface area contributed by atoms with Crippen LogP contribution in [0, 0.1) is 0 Å². The predicted octanol–water partition coefficient (Wildman–Crippen LogP) is 4.02. The van der Waals surface area contributed by atoms with Crippen LogP contribution in [0.25, 0.3) is 5.69 Å². The Kier molecular flexibility index (Phi) is 4.39. The number of hydrogen-bond donors (Lipinski definition) is 1. The molecule has 2 heterocycles. The van der Waals surface area contributed by atoms with Gasteiger partial charge in [0.1, 0.15) is 0 Å². The van der Waals surface area contributed by atoms with Crippen LogP contribution < -0.4 is 5.32 Å². The van der Waals surface area contributed by atoms with Crippen LogP contribution in [0.15, 0.2) is 67.3 Å². The summed E-state index contributed by atoms with van der Waals surface area (Å²) >= 11 is 0. The van der Waals surface area contributed by atoms with Crippen LogP contribution >= 0.6 is 0 Å². The van der Waals surface area contributed by atoms with Gasteiger partial charge in [-0.05, 0) is 49.6 Å². The lowest BCUT2D eigenvalue weighted by atomic mass is 10.1. The van der Waals surface area contributed by atoms with Crippen molar-refractivity contribution in [1.82, 2.24) is 19.7 Å². The third kappa shape index (κ3) is 3.31. The molecule has 1 fully saturated rings. The van der Waals surface area contributed by atoms with E-state index in [0.717, 1.165) is 29.8 Å². The number of nitrogens with one attached hydrogen (secondary N) is 1. The number of nitrogens with zero attached hydrogens (tertiary/aromatic N) is 4. The van der Waals surface area contributed by atoms with Gasteiger partial charge in [-0.3, -0.25) is 4.98 Å². The summed E-state index contributed by atoms with van der Waals surface area (Å²) in [6.45, 7) is 2.05. The summed E-state index contributed by atoms with van der Waals surface area (Å²) in [6.07, 6.45) is 9.24. The second-order valence-electron chi connectivity index (χ2n) is 6.50. The summed E-state index contributed by atoms with van der Waals surface area (Å²) in [7, 11) is 0. The van der Waals surface area contributed by atoms with Crippen molar-refractivity contribution in [1.29, 1.82) is 0 Å². The minimum Gasteiger partial charge on any atom is -0.315 e. The molecule has 0 bridgehead atoms. The lowest BCUT2D eigenvalue weighted by molar-refractivity contribution is 0.189. The number of urea groups is 1. The third-order valence-corrected chi connectivity index (χ3v) is 4.66. The van der Waals surface area contributed by atoms with Crippen LogP contribution in [0.2, 0.25) is 0 Å². The molecule has 1 aliphatic carbocycles. The molecule has 132 valence electrons. The number of hydrogen-bond acceptors (Lipinski definition) is 3. The second kappa shape index (κ2) is 7.00. The summed E-state index contributed by atoms with van der Waals surface area (Å²) in [5.41, 5.74) is 2.62. The highest BCUT2D eigenvalue weighted by molar-refractivity contribution is 5.92. The van der Waals surface area contributed by atoms with Crippen LogP contribution in [0.4, 0.5) is 10.5 Å². The number of aromatic nitrogens is 3. The van der Waals surface area contributed by atoms with Gasteiger partial charge in [-0.25, -0.2) is 9.48 Å². The standard InChI is InChI=1S/C20H21N5O/c1-15(16-6-4-11-21-14-16)25(17-9-10-17)20(26)23-18-7-2-3-8-19(18)24-13-5-12-22-24/h2-8,11-15,17H,9-10H2,1H3,(H,23,26). The average Bonchev–Trinajstić information content (AvgIpc) is 3.35. The molecule has 0 saturated heterocycles. The van der Waals surface area contributed by atoms with Crippen molar-refractivity contribution in [3.63, 3.8) is 0 Å². The molecule has 1 unspecified atom stereocenters. The molecule has 26 heavy (non-hydrogen) atoms. The zero-order valence-corrected chi connectivity index (χ0v) is 14.6. The quantitative estimate of drug-likeness (QED) is 0.758. The molecule has 6 nitrogen and oxygen atoms in total. The van der Waals surface area contributed by atoms with Crippen LogP contribution in [0.5, 0.6) is 0 Å². The Bertz CT molecular complexity index is 874. The molecular formula is C20H21N5O. The van der Waals surface area contributed by atoms with E-state index in [1.54, 1.807) is 17.1 Å². The third-order valence-electron chi connectivity index (χ3n) is 4.66. The summed E-state index contributed by atoms with van der Waals surface area (Å²) < 4.78 is 1.75. The topological polar surface area (TPSA) is 63.1 Å². The summed E-state index contributed by atoms with van der Waals surface area (Å²) in [4.78, 5) is 19.2. The molecule has 1 aromatic carbocycles. The highest BCUT2D eigenvalue weighted by atomic mass is 16.2. The number of rotatable bonds is 5. The van der Waals surface area contributed by atoms with Gasteiger partial charge < -0.3 is 10.2 Å². The number of anilines is 1. The first-order valence-electron chi connectivity index (χ1n) is 8.82. The zero-order chi connectivity index (χ0) is 17.9. The zero-order valence-electron chi connectivity index (χ0n) is 14.6. The molecule has 1 saturated carbocycles. The fraction of sp³-hybridized carbons (Fsp3) is 0.250. The van der Waals surface area contributed by atoms with Crippen LogP contribution in [-0.4, -0.2) is 31.7 Å². The first-order valence-corrected chi connectivity index (χ1v) is 8.82. The maximum atomic E-state index is 13.1. The van der Waals surface area contributed by atoms with Gasteiger partial charge in [-0.1, -0.05) is 18.2 Å². The molecule has 4 rings (SSSR count). The number of amides is 2. The largest absolute Gasteiger partial charge is 0.322 e. The second-order valence-corrected chi connectivity index (χ2v) is 6.50. The molecule has 3 aromatic rings. The fourth-order valence-corrected chi connectivity index (χ4v) is 3.16. The van der Waals surface area contributed by atoms with Crippen LogP contribution in [-0.2, 0) is 0 Å². The number of carbonyl (C=O) groups is 1. The van der Waals surface area contributed by atoms with Gasteiger partial charge in [-0.2, -0.15) is 5.10 Å². The van der Waals surface area contributed by atoms with Crippen molar-refractivity contribution >= 4 is 11.7 Å². The van der Waals surface area contributed by atoms with Crippen molar-refractivity contribution in [2.75, 3.05) is 5.32 Å². The Balaban J connectivity index is 1.59. The van der Waals surface area contributed by atoms with E-state index in [1.807, 2.05) is 66.7 Å². The van der Waals surface area contributed by atoms with E-state index in [0.29, 0.717) is 0 Å². The van der Waals surface area contributed by atoms with Crippen LogP contribution in [0.3, 0.4) is 0 Å². The van der Waals surface area contributed by atoms with Crippen molar-refractivity contribution in [2.24, 2.45) is 0 Å². The Morgan fingerprint density at radius 2 is 2.04 bits per heavy atom. The smallest absolute Gasteiger partial charge is 0.315 e. The molecule has 2 aromatic heterocycles. The van der Waals surface area contributed by atoms with Gasteiger partial charge in [0.2, 0.25) is 0 Å². The lowest BCUT2D eigenvalue weighted by Crippen LogP contribution is -2.39.